The van der Waals surface area contributed by atoms with Crippen molar-refractivity contribution in [3.05, 3.63) is 35.4 Å². The number of rotatable bonds is 7. The van der Waals surface area contributed by atoms with Gasteiger partial charge < -0.3 is 4.74 Å². The smallest absolute Gasteiger partial charge is 0.377 e. The van der Waals surface area contributed by atoms with E-state index >= 15 is 0 Å². The molecule has 0 bridgehead atoms. The molecule has 1 nitrogen and oxygen atoms in total. The average Bonchev–Trinajstić information content (AvgIpc) is 2.50. The third kappa shape index (κ3) is 3.99. The van der Waals surface area contributed by atoms with Crippen molar-refractivity contribution in [3.63, 3.8) is 0 Å². The first-order valence-corrected chi connectivity index (χ1v) is 7.09. The Kier molecular flexibility index (Phi) is 6.17. The van der Waals surface area contributed by atoms with Crippen LogP contribution in [0.5, 0.6) is 0 Å². The minimum Gasteiger partial charge on any atom is -0.377 e. The molecule has 1 rings (SSSR count). The maximum Gasteiger partial charge on any atom is 0.460 e. The molecule has 1 aromatic rings. The number of ether oxygens (including phenoxy) is 1. The maximum absolute atomic E-state index is 13.8. The standard InChI is InChI=1S/C15H13F11O/c1-8-4-3-5-9(6-8)10(27-2)7-11(16,17)12(18,19)13(20,21)14(22,23)15(24,25)26/h3-6,10H,7H2,1-2H3. The Labute approximate surface area is 146 Å². The summed E-state index contributed by atoms with van der Waals surface area (Å²) in [4.78, 5) is 0. The van der Waals surface area contributed by atoms with Crippen molar-refractivity contribution in [1.82, 2.24) is 0 Å². The highest BCUT2D eigenvalue weighted by atomic mass is 19.4. The fraction of sp³-hybridized carbons (Fsp3) is 0.600. The van der Waals surface area contributed by atoms with Gasteiger partial charge in [0.05, 0.1) is 6.10 Å². The van der Waals surface area contributed by atoms with E-state index in [0.717, 1.165) is 13.2 Å². The zero-order valence-electron chi connectivity index (χ0n) is 13.7. The van der Waals surface area contributed by atoms with Gasteiger partial charge in [0.2, 0.25) is 0 Å². The van der Waals surface area contributed by atoms with Gasteiger partial charge in [0.25, 0.3) is 0 Å². The normalized spacial score (nSPS) is 15.7. The lowest BCUT2D eigenvalue weighted by atomic mass is 9.92. The van der Waals surface area contributed by atoms with E-state index in [2.05, 4.69) is 4.74 Å². The summed E-state index contributed by atoms with van der Waals surface area (Å²) >= 11 is 0. The Morgan fingerprint density at radius 1 is 0.815 bits per heavy atom. The Hall–Kier alpha value is -1.59. The third-order valence-electron chi connectivity index (χ3n) is 3.74. The van der Waals surface area contributed by atoms with Crippen LogP contribution in [-0.4, -0.2) is 37.0 Å². The lowest BCUT2D eigenvalue weighted by molar-refractivity contribution is -0.423. The van der Waals surface area contributed by atoms with Crippen molar-refractivity contribution >= 4 is 0 Å². The van der Waals surface area contributed by atoms with Crippen LogP contribution >= 0.6 is 0 Å². The Morgan fingerprint density at radius 2 is 1.33 bits per heavy atom. The Bertz CT molecular complexity index is 651. The molecule has 0 amide bonds. The molecule has 0 heterocycles. The lowest BCUT2D eigenvalue weighted by Gasteiger charge is -2.38. The molecule has 0 fully saturated rings. The number of alkyl halides is 11. The van der Waals surface area contributed by atoms with Crippen molar-refractivity contribution < 1.29 is 53.0 Å². The zero-order chi connectivity index (χ0) is 21.5. The molecule has 1 atom stereocenters. The quantitative estimate of drug-likeness (QED) is 0.481. The molecule has 0 saturated carbocycles. The highest BCUT2D eigenvalue weighted by Crippen LogP contribution is 2.58. The van der Waals surface area contributed by atoms with Gasteiger partial charge >= 0.3 is 29.9 Å². The zero-order valence-corrected chi connectivity index (χ0v) is 13.7. The van der Waals surface area contributed by atoms with Gasteiger partial charge in [-0.3, -0.25) is 0 Å². The van der Waals surface area contributed by atoms with Crippen LogP contribution in [0.25, 0.3) is 0 Å². The van der Waals surface area contributed by atoms with Crippen LogP contribution in [0.15, 0.2) is 24.3 Å². The van der Waals surface area contributed by atoms with E-state index in [1.165, 1.54) is 25.1 Å². The largest absolute Gasteiger partial charge is 0.460 e. The molecule has 0 aliphatic heterocycles. The molecule has 0 aliphatic rings. The summed E-state index contributed by atoms with van der Waals surface area (Å²) in [6.45, 7) is 1.47. The van der Waals surface area contributed by atoms with Crippen LogP contribution in [0.4, 0.5) is 48.3 Å². The monoisotopic (exact) mass is 418 g/mol. The molecule has 12 heteroatoms. The molecule has 0 N–H and O–H groups in total. The van der Waals surface area contributed by atoms with Gasteiger partial charge in [-0.05, 0) is 12.5 Å². The molecule has 1 unspecified atom stereocenters. The second-order valence-electron chi connectivity index (χ2n) is 5.77. The predicted molar refractivity (Wildman–Crippen MR) is 71.4 cm³/mol. The van der Waals surface area contributed by atoms with E-state index in [-0.39, 0.29) is 5.56 Å². The molecule has 27 heavy (non-hydrogen) atoms. The molecule has 0 spiro atoms. The fourth-order valence-electron chi connectivity index (χ4n) is 2.17. The molecular formula is C15H13F11O. The number of aryl methyl sites for hydroxylation is 1. The van der Waals surface area contributed by atoms with Gasteiger partial charge in [-0.15, -0.1) is 0 Å². The van der Waals surface area contributed by atoms with Gasteiger partial charge in [-0.2, -0.15) is 48.3 Å². The van der Waals surface area contributed by atoms with Crippen LogP contribution in [0.1, 0.15) is 23.7 Å². The second kappa shape index (κ2) is 7.10. The summed E-state index contributed by atoms with van der Waals surface area (Å²) in [5, 5.41) is 0. The summed E-state index contributed by atoms with van der Waals surface area (Å²) in [6, 6.07) is 5.04. The number of halogens is 11. The predicted octanol–water partition coefficient (Wildman–Crippen LogP) is 6.18. The van der Waals surface area contributed by atoms with Crippen LogP contribution in [-0.2, 0) is 4.74 Å². The van der Waals surface area contributed by atoms with E-state index in [9.17, 15) is 48.3 Å². The SMILES string of the molecule is COC(CC(F)(F)C(F)(F)C(F)(F)C(F)(F)C(F)(F)F)c1cccc(C)c1. The first kappa shape index (κ1) is 23.4. The highest BCUT2D eigenvalue weighted by molar-refractivity contribution is 5.25. The third-order valence-corrected chi connectivity index (χ3v) is 3.74. The van der Waals surface area contributed by atoms with Crippen molar-refractivity contribution in [1.29, 1.82) is 0 Å². The van der Waals surface area contributed by atoms with Gasteiger partial charge in [0.1, 0.15) is 0 Å². The summed E-state index contributed by atoms with van der Waals surface area (Å²) in [5.74, 6) is -27.8. The molecule has 0 radical (unpaired) electrons. The van der Waals surface area contributed by atoms with E-state index in [0.29, 0.717) is 5.56 Å². The molecule has 0 aliphatic carbocycles. The van der Waals surface area contributed by atoms with E-state index in [1.54, 1.807) is 0 Å². The highest BCUT2D eigenvalue weighted by Gasteiger charge is 2.87. The van der Waals surface area contributed by atoms with Gasteiger partial charge in [0, 0.05) is 13.5 Å². The lowest BCUT2D eigenvalue weighted by Crippen LogP contribution is -2.66. The summed E-state index contributed by atoms with van der Waals surface area (Å²) in [7, 11) is 0.754. The average molecular weight is 418 g/mol. The van der Waals surface area contributed by atoms with Crippen LogP contribution < -0.4 is 0 Å². The number of hydrogen-bond acceptors (Lipinski definition) is 1. The van der Waals surface area contributed by atoms with Gasteiger partial charge in [-0.25, -0.2) is 0 Å². The van der Waals surface area contributed by atoms with Crippen LogP contribution in [0, 0.1) is 6.92 Å². The van der Waals surface area contributed by atoms with Crippen LogP contribution in [0.3, 0.4) is 0 Å². The fourth-order valence-corrected chi connectivity index (χ4v) is 2.17. The number of benzene rings is 1. The van der Waals surface area contributed by atoms with E-state index < -0.39 is 42.4 Å². The summed E-state index contributed by atoms with van der Waals surface area (Å²) in [6.07, 6.45) is -11.4. The van der Waals surface area contributed by atoms with Crippen molar-refractivity contribution in [2.24, 2.45) is 0 Å². The summed E-state index contributed by atoms with van der Waals surface area (Å²) < 4.78 is 148. The number of methoxy groups -OCH3 is 1. The van der Waals surface area contributed by atoms with Crippen LogP contribution in [0.2, 0.25) is 0 Å². The minimum atomic E-state index is -7.41. The molecule has 0 saturated heterocycles. The molecule has 0 aromatic heterocycles. The maximum atomic E-state index is 13.8. The minimum absolute atomic E-state index is 0.182. The van der Waals surface area contributed by atoms with E-state index in [4.69, 9.17) is 0 Å². The van der Waals surface area contributed by atoms with Gasteiger partial charge in [-0.1, -0.05) is 29.8 Å². The van der Waals surface area contributed by atoms with Crippen molar-refractivity contribution in [3.8, 4) is 0 Å². The Morgan fingerprint density at radius 3 is 1.74 bits per heavy atom. The number of hydrogen-bond donors (Lipinski definition) is 0. The van der Waals surface area contributed by atoms with Crippen molar-refractivity contribution in [2.45, 2.75) is 49.3 Å². The molecule has 1 aromatic carbocycles. The summed E-state index contributed by atoms with van der Waals surface area (Å²) in [5.41, 5.74) is 0.262. The topological polar surface area (TPSA) is 9.23 Å². The van der Waals surface area contributed by atoms with Crippen molar-refractivity contribution in [2.75, 3.05) is 7.11 Å². The Balaban J connectivity index is 3.30. The first-order valence-electron chi connectivity index (χ1n) is 7.09. The van der Waals surface area contributed by atoms with E-state index in [1.807, 2.05) is 0 Å². The second-order valence-corrected chi connectivity index (χ2v) is 5.77. The molecule has 156 valence electrons. The first-order chi connectivity index (χ1) is 11.9. The van der Waals surface area contributed by atoms with Gasteiger partial charge in [0.15, 0.2) is 0 Å². The molecular weight excluding hydrogens is 405 g/mol.